The van der Waals surface area contributed by atoms with Crippen molar-refractivity contribution in [2.75, 3.05) is 4.72 Å². The lowest BCUT2D eigenvalue weighted by molar-refractivity contribution is 0.0696. The van der Waals surface area contributed by atoms with Gasteiger partial charge in [0.05, 0.1) is 19.9 Å². The zero-order chi connectivity index (χ0) is 18.2. The Bertz CT molecular complexity index is 1060. The molecule has 0 aliphatic carbocycles. The van der Waals surface area contributed by atoms with Crippen LogP contribution in [0.5, 0.6) is 0 Å². The van der Waals surface area contributed by atoms with E-state index in [9.17, 15) is 17.6 Å². The van der Waals surface area contributed by atoms with Crippen molar-refractivity contribution in [1.82, 2.24) is 10.2 Å². The highest BCUT2D eigenvalue weighted by atomic mass is 79.9. The second-order valence-electron chi connectivity index (χ2n) is 4.83. The molecule has 0 unspecified atom stereocenters. The normalized spacial score (nSPS) is 11.4. The van der Waals surface area contributed by atoms with E-state index in [-0.39, 0.29) is 11.4 Å². The van der Waals surface area contributed by atoms with E-state index in [4.69, 9.17) is 5.11 Å². The van der Waals surface area contributed by atoms with Gasteiger partial charge in [-0.05, 0) is 46.3 Å². The number of hydrogen-bond acceptors (Lipinski definition) is 5. The average Bonchev–Trinajstić information content (AvgIpc) is 3.15. The van der Waals surface area contributed by atoms with Gasteiger partial charge in [-0.1, -0.05) is 0 Å². The maximum absolute atomic E-state index is 13.9. The van der Waals surface area contributed by atoms with Gasteiger partial charge in [0.15, 0.2) is 5.82 Å². The number of carboxylic acid groups (broad SMARTS) is 1. The highest BCUT2D eigenvalue weighted by Gasteiger charge is 2.22. The quantitative estimate of drug-likeness (QED) is 0.555. The van der Waals surface area contributed by atoms with Crippen LogP contribution in [0.2, 0.25) is 0 Å². The summed E-state index contributed by atoms with van der Waals surface area (Å²) in [4.78, 5) is 11.0. The molecule has 0 aliphatic heterocycles. The molecule has 0 aliphatic rings. The van der Waals surface area contributed by atoms with Crippen molar-refractivity contribution in [2.24, 2.45) is 0 Å². The lowest BCUT2D eigenvalue weighted by Gasteiger charge is -2.07. The van der Waals surface area contributed by atoms with Crippen molar-refractivity contribution in [3.8, 4) is 10.6 Å². The van der Waals surface area contributed by atoms with E-state index in [1.54, 1.807) is 0 Å². The molecule has 0 saturated carbocycles. The summed E-state index contributed by atoms with van der Waals surface area (Å²) in [5.74, 6) is -2.46. The molecule has 0 spiro atoms. The molecular weight excluding hydrogens is 437 g/mol. The van der Waals surface area contributed by atoms with Crippen molar-refractivity contribution in [1.29, 1.82) is 0 Å². The molecule has 11 heteroatoms. The number of sulfonamides is 1. The number of thiophene rings is 1. The van der Waals surface area contributed by atoms with Gasteiger partial charge in [-0.25, -0.2) is 17.6 Å². The van der Waals surface area contributed by atoms with Gasteiger partial charge < -0.3 is 5.11 Å². The first-order valence-electron chi connectivity index (χ1n) is 6.63. The number of benzene rings is 1. The molecule has 25 heavy (non-hydrogen) atoms. The zero-order valence-corrected chi connectivity index (χ0v) is 15.4. The van der Waals surface area contributed by atoms with Gasteiger partial charge in [0.2, 0.25) is 0 Å². The first kappa shape index (κ1) is 17.6. The van der Waals surface area contributed by atoms with Gasteiger partial charge in [-0.2, -0.15) is 5.10 Å². The molecule has 2 aromatic heterocycles. The largest absolute Gasteiger partial charge is 0.478 e. The fraction of sp³-hybridized carbons (Fsp3) is 0. The molecule has 0 bridgehead atoms. The van der Waals surface area contributed by atoms with Gasteiger partial charge in [-0.3, -0.25) is 9.82 Å². The van der Waals surface area contributed by atoms with Gasteiger partial charge in [0.1, 0.15) is 10.7 Å². The summed E-state index contributed by atoms with van der Waals surface area (Å²) in [7, 11) is -4.34. The number of carbonyl (C=O) groups is 1. The smallest absolute Gasteiger partial charge is 0.335 e. The van der Waals surface area contributed by atoms with Crippen LogP contribution in [0.4, 0.5) is 10.2 Å². The molecule has 1 aromatic carbocycles. The highest BCUT2D eigenvalue weighted by molar-refractivity contribution is 9.11. The first-order chi connectivity index (χ1) is 11.8. The van der Waals surface area contributed by atoms with Crippen molar-refractivity contribution < 1.29 is 22.7 Å². The molecule has 3 rings (SSSR count). The van der Waals surface area contributed by atoms with Crippen molar-refractivity contribution in [3.63, 3.8) is 0 Å². The Morgan fingerprint density at radius 2 is 2.04 bits per heavy atom. The predicted molar refractivity (Wildman–Crippen MR) is 93.8 cm³/mol. The Labute approximate surface area is 153 Å². The molecule has 3 aromatic rings. The summed E-state index contributed by atoms with van der Waals surface area (Å²) in [6, 6.07) is 7.63. The van der Waals surface area contributed by atoms with Crippen molar-refractivity contribution >= 4 is 49.1 Å². The molecule has 2 heterocycles. The van der Waals surface area contributed by atoms with Crippen molar-refractivity contribution in [3.05, 3.63) is 51.6 Å². The number of H-pyrrole nitrogens is 1. The van der Waals surface area contributed by atoms with E-state index in [2.05, 4.69) is 30.8 Å². The zero-order valence-electron chi connectivity index (χ0n) is 12.2. The molecule has 130 valence electrons. The molecule has 0 amide bonds. The minimum Gasteiger partial charge on any atom is -0.478 e. The van der Waals surface area contributed by atoms with Gasteiger partial charge >= 0.3 is 5.97 Å². The minimum absolute atomic E-state index is 0.0420. The Morgan fingerprint density at radius 3 is 2.68 bits per heavy atom. The van der Waals surface area contributed by atoms with Crippen LogP contribution in [-0.4, -0.2) is 29.7 Å². The summed E-state index contributed by atoms with van der Waals surface area (Å²) in [5, 5.41) is 15.4. The lowest BCUT2D eigenvalue weighted by atomic mass is 10.2. The maximum Gasteiger partial charge on any atom is 0.335 e. The molecular formula is C14H9BrFN3O4S2. The number of nitrogens with one attached hydrogen (secondary N) is 2. The van der Waals surface area contributed by atoms with E-state index in [0.717, 1.165) is 26.9 Å². The average molecular weight is 446 g/mol. The third-order valence-corrected chi connectivity index (χ3v) is 6.15. The number of anilines is 1. The second kappa shape index (κ2) is 6.58. The van der Waals surface area contributed by atoms with Crippen LogP contribution in [0.3, 0.4) is 0 Å². The minimum atomic E-state index is -4.34. The van der Waals surface area contributed by atoms with E-state index in [1.807, 2.05) is 12.1 Å². The van der Waals surface area contributed by atoms with Crippen LogP contribution < -0.4 is 4.72 Å². The SMILES string of the molecule is O=C(O)c1ccc(F)c(S(=O)(=O)Nc2cc(-c3ccc(Br)s3)[nH]n2)c1. The molecule has 7 nitrogen and oxygen atoms in total. The number of aromatic amines is 1. The third-order valence-electron chi connectivity index (χ3n) is 3.12. The summed E-state index contributed by atoms with van der Waals surface area (Å²) in [6.45, 7) is 0. The number of aromatic nitrogens is 2. The third kappa shape index (κ3) is 3.72. The van der Waals surface area contributed by atoms with Gasteiger partial charge in [0, 0.05) is 6.07 Å². The topological polar surface area (TPSA) is 112 Å². The maximum atomic E-state index is 13.9. The number of nitrogens with zero attached hydrogens (tertiary/aromatic N) is 1. The number of halogens is 2. The first-order valence-corrected chi connectivity index (χ1v) is 9.72. The number of hydrogen-bond donors (Lipinski definition) is 3. The standard InChI is InChI=1S/C14H9BrFN3O4S2/c15-12-4-3-10(24-12)9-6-13(18-17-9)19-25(22,23)11-5-7(14(20)21)1-2-8(11)16/h1-6H,(H,20,21)(H2,17,18,19). The Hall–Kier alpha value is -2.24. The molecule has 0 atom stereocenters. The van der Waals surface area contributed by atoms with Crippen LogP contribution in [0.1, 0.15) is 10.4 Å². The van der Waals surface area contributed by atoms with E-state index in [0.29, 0.717) is 5.69 Å². The Morgan fingerprint density at radius 1 is 1.28 bits per heavy atom. The van der Waals surface area contributed by atoms with Gasteiger partial charge in [-0.15, -0.1) is 11.3 Å². The van der Waals surface area contributed by atoms with Crippen LogP contribution in [-0.2, 0) is 10.0 Å². The van der Waals surface area contributed by atoms with Crippen LogP contribution >= 0.6 is 27.3 Å². The highest BCUT2D eigenvalue weighted by Crippen LogP contribution is 2.31. The summed E-state index contributed by atoms with van der Waals surface area (Å²) >= 11 is 4.74. The molecule has 3 N–H and O–H groups in total. The Balaban J connectivity index is 1.91. The second-order valence-corrected chi connectivity index (χ2v) is 8.94. The van der Waals surface area contributed by atoms with Crippen LogP contribution in [0.15, 0.2) is 45.1 Å². The summed E-state index contributed by atoms with van der Waals surface area (Å²) in [5.41, 5.74) is 0.237. The van der Waals surface area contributed by atoms with Gasteiger partial charge in [0.25, 0.3) is 10.0 Å². The van der Waals surface area contributed by atoms with E-state index >= 15 is 0 Å². The van der Waals surface area contributed by atoms with E-state index < -0.39 is 26.7 Å². The summed E-state index contributed by atoms with van der Waals surface area (Å²) < 4.78 is 41.6. The molecule has 0 saturated heterocycles. The molecule has 0 fully saturated rings. The fourth-order valence-electron chi connectivity index (χ4n) is 1.99. The monoisotopic (exact) mass is 445 g/mol. The van der Waals surface area contributed by atoms with Crippen LogP contribution in [0, 0.1) is 5.82 Å². The molecule has 0 radical (unpaired) electrons. The fourth-order valence-corrected chi connectivity index (χ4v) is 4.44. The number of rotatable bonds is 5. The predicted octanol–water partition coefficient (Wildman–Crippen LogP) is 3.54. The van der Waals surface area contributed by atoms with Crippen LogP contribution in [0.25, 0.3) is 10.6 Å². The Kier molecular flexibility index (Phi) is 4.62. The number of carboxylic acids is 1. The number of aromatic carboxylic acids is 1. The lowest BCUT2D eigenvalue weighted by Crippen LogP contribution is -2.15. The summed E-state index contributed by atoms with van der Waals surface area (Å²) in [6.07, 6.45) is 0. The van der Waals surface area contributed by atoms with E-state index in [1.165, 1.54) is 17.4 Å². The van der Waals surface area contributed by atoms with Crippen molar-refractivity contribution in [2.45, 2.75) is 4.90 Å².